The zero-order valence-corrected chi connectivity index (χ0v) is 6.21. The summed E-state index contributed by atoms with van der Waals surface area (Å²) >= 11 is 3.37. The molecule has 1 atom stereocenters. The Balaban J connectivity index is 2.29. The first-order valence-electron chi connectivity index (χ1n) is 2.45. The van der Waals surface area contributed by atoms with E-state index < -0.39 is 0 Å². The molecule has 0 aliphatic carbocycles. The van der Waals surface area contributed by atoms with Crippen LogP contribution in [0.5, 0.6) is 0 Å². The second kappa shape index (κ2) is 2.80. The summed E-state index contributed by atoms with van der Waals surface area (Å²) in [5, 5.41) is 13.0. The van der Waals surface area contributed by atoms with E-state index in [1.165, 1.54) is 0 Å². The molecule has 8 heavy (non-hydrogen) atoms. The van der Waals surface area contributed by atoms with E-state index in [-0.39, 0.29) is 6.10 Å². The molecule has 1 N–H and O–H groups in total. The Morgan fingerprint density at radius 2 is 2.00 bits per heavy atom. The van der Waals surface area contributed by atoms with Crippen molar-refractivity contribution in [1.82, 2.24) is 0 Å². The van der Waals surface area contributed by atoms with Crippen molar-refractivity contribution in [3.63, 3.8) is 0 Å². The van der Waals surface area contributed by atoms with Crippen LogP contribution >= 0.6 is 23.5 Å². The lowest BCUT2D eigenvalue weighted by Gasteiger charge is -2.08. The van der Waals surface area contributed by atoms with Gasteiger partial charge in [-0.05, 0) is 17.7 Å². The molecule has 46 valence electrons. The molecule has 1 aliphatic heterocycles. The van der Waals surface area contributed by atoms with Crippen LogP contribution in [-0.2, 0) is 0 Å². The van der Waals surface area contributed by atoms with Crippen molar-refractivity contribution in [3.8, 4) is 0 Å². The summed E-state index contributed by atoms with van der Waals surface area (Å²) in [6.45, 7) is 1.82. The highest BCUT2D eigenvalue weighted by atomic mass is 32.2. The SMILES string of the molecule is CC(O)C1SC=CS1. The van der Waals surface area contributed by atoms with Crippen molar-refractivity contribution in [2.24, 2.45) is 0 Å². The molecule has 0 spiro atoms. The lowest BCUT2D eigenvalue weighted by Crippen LogP contribution is -2.11. The van der Waals surface area contributed by atoms with Gasteiger partial charge in [0.05, 0.1) is 10.7 Å². The van der Waals surface area contributed by atoms with E-state index in [0.29, 0.717) is 4.58 Å². The van der Waals surface area contributed by atoms with Crippen molar-refractivity contribution in [1.29, 1.82) is 0 Å². The van der Waals surface area contributed by atoms with Crippen LogP contribution in [-0.4, -0.2) is 15.8 Å². The van der Waals surface area contributed by atoms with E-state index in [0.717, 1.165) is 0 Å². The minimum atomic E-state index is -0.194. The predicted molar refractivity (Wildman–Crippen MR) is 39.8 cm³/mol. The van der Waals surface area contributed by atoms with Gasteiger partial charge in [-0.3, -0.25) is 0 Å². The van der Waals surface area contributed by atoms with E-state index in [2.05, 4.69) is 0 Å². The van der Waals surface area contributed by atoms with Gasteiger partial charge in [0.2, 0.25) is 0 Å². The third kappa shape index (κ3) is 1.44. The summed E-state index contributed by atoms with van der Waals surface area (Å²) in [7, 11) is 0. The summed E-state index contributed by atoms with van der Waals surface area (Å²) in [6, 6.07) is 0. The van der Waals surface area contributed by atoms with Gasteiger partial charge in [0.15, 0.2) is 0 Å². The second-order valence-electron chi connectivity index (χ2n) is 1.65. The monoisotopic (exact) mass is 148 g/mol. The molecule has 0 fully saturated rings. The van der Waals surface area contributed by atoms with Crippen LogP contribution < -0.4 is 0 Å². The summed E-state index contributed by atoms with van der Waals surface area (Å²) in [6.07, 6.45) is -0.194. The molecule has 1 unspecified atom stereocenters. The predicted octanol–water partition coefficient (Wildman–Crippen LogP) is 1.64. The average Bonchev–Trinajstić information content (AvgIpc) is 2.12. The Morgan fingerprint density at radius 3 is 2.25 bits per heavy atom. The van der Waals surface area contributed by atoms with Crippen molar-refractivity contribution in [2.75, 3.05) is 0 Å². The number of aliphatic hydroxyl groups is 1. The molecule has 0 bridgehead atoms. The number of thioether (sulfide) groups is 2. The Bertz CT molecular complexity index is 92.6. The zero-order chi connectivity index (χ0) is 5.98. The molecule has 0 saturated heterocycles. The van der Waals surface area contributed by atoms with E-state index in [1.807, 2.05) is 17.7 Å². The smallest absolute Gasteiger partial charge is 0.0841 e. The highest BCUT2D eigenvalue weighted by Crippen LogP contribution is 2.35. The van der Waals surface area contributed by atoms with Gasteiger partial charge in [-0.1, -0.05) is 0 Å². The molecule has 0 aromatic carbocycles. The highest BCUT2D eigenvalue weighted by Gasteiger charge is 2.16. The summed E-state index contributed by atoms with van der Waals surface area (Å²) < 4.78 is 0.343. The Morgan fingerprint density at radius 1 is 1.50 bits per heavy atom. The fourth-order valence-corrected chi connectivity index (χ4v) is 2.40. The van der Waals surface area contributed by atoms with Gasteiger partial charge in [0.25, 0.3) is 0 Å². The summed E-state index contributed by atoms with van der Waals surface area (Å²) in [5.74, 6) is 0. The third-order valence-electron chi connectivity index (χ3n) is 0.875. The van der Waals surface area contributed by atoms with Crippen LogP contribution in [0.3, 0.4) is 0 Å². The third-order valence-corrected chi connectivity index (χ3v) is 3.62. The van der Waals surface area contributed by atoms with Crippen molar-refractivity contribution in [2.45, 2.75) is 17.6 Å². The van der Waals surface area contributed by atoms with Crippen LogP contribution in [0.15, 0.2) is 10.8 Å². The van der Waals surface area contributed by atoms with Crippen LogP contribution in [0.4, 0.5) is 0 Å². The number of hydrogen-bond acceptors (Lipinski definition) is 3. The van der Waals surface area contributed by atoms with Crippen LogP contribution in [0.1, 0.15) is 6.92 Å². The fourth-order valence-electron chi connectivity index (χ4n) is 0.479. The topological polar surface area (TPSA) is 20.2 Å². The van der Waals surface area contributed by atoms with E-state index >= 15 is 0 Å². The van der Waals surface area contributed by atoms with Crippen molar-refractivity contribution in [3.05, 3.63) is 10.8 Å². The molecule has 0 amide bonds. The summed E-state index contributed by atoms with van der Waals surface area (Å²) in [4.78, 5) is 0. The lowest BCUT2D eigenvalue weighted by molar-refractivity contribution is 0.213. The molecule has 1 aliphatic rings. The number of aliphatic hydroxyl groups excluding tert-OH is 1. The Labute approximate surface area is 57.5 Å². The summed E-state index contributed by atoms with van der Waals surface area (Å²) in [5.41, 5.74) is 0. The van der Waals surface area contributed by atoms with Crippen molar-refractivity contribution < 1.29 is 5.11 Å². The van der Waals surface area contributed by atoms with E-state index in [9.17, 15) is 0 Å². The van der Waals surface area contributed by atoms with Gasteiger partial charge in [0.1, 0.15) is 0 Å². The molecule has 1 nitrogen and oxygen atoms in total. The quantitative estimate of drug-likeness (QED) is 0.610. The molecular formula is C5H8OS2. The Hall–Kier alpha value is 0.400. The molecule has 0 aromatic heterocycles. The first kappa shape index (κ1) is 6.52. The van der Waals surface area contributed by atoms with E-state index in [4.69, 9.17) is 5.11 Å². The zero-order valence-electron chi connectivity index (χ0n) is 4.57. The largest absolute Gasteiger partial charge is 0.391 e. The number of rotatable bonds is 1. The second-order valence-corrected chi connectivity index (χ2v) is 4.06. The van der Waals surface area contributed by atoms with Crippen LogP contribution in [0, 0.1) is 0 Å². The number of hydrogen-bond donors (Lipinski definition) is 1. The first-order chi connectivity index (χ1) is 3.80. The molecule has 1 rings (SSSR count). The first-order valence-corrected chi connectivity index (χ1v) is 4.33. The van der Waals surface area contributed by atoms with Gasteiger partial charge in [0, 0.05) is 0 Å². The van der Waals surface area contributed by atoms with Gasteiger partial charge < -0.3 is 5.11 Å². The normalized spacial score (nSPS) is 24.2. The lowest BCUT2D eigenvalue weighted by atomic mass is 10.5. The van der Waals surface area contributed by atoms with Gasteiger partial charge in [-0.25, -0.2) is 0 Å². The fraction of sp³-hybridized carbons (Fsp3) is 0.600. The molecular weight excluding hydrogens is 140 g/mol. The van der Waals surface area contributed by atoms with Crippen LogP contribution in [0.2, 0.25) is 0 Å². The van der Waals surface area contributed by atoms with Gasteiger partial charge in [-0.2, -0.15) is 0 Å². The maximum Gasteiger partial charge on any atom is 0.0841 e. The van der Waals surface area contributed by atoms with Crippen LogP contribution in [0.25, 0.3) is 0 Å². The maximum absolute atomic E-state index is 8.97. The minimum absolute atomic E-state index is 0.194. The standard InChI is InChI=1S/C5H8OS2/c1-4(6)5-7-2-3-8-5/h2-6H,1H3. The minimum Gasteiger partial charge on any atom is -0.391 e. The van der Waals surface area contributed by atoms with Gasteiger partial charge >= 0.3 is 0 Å². The highest BCUT2D eigenvalue weighted by molar-refractivity contribution is 8.22. The molecule has 0 radical (unpaired) electrons. The average molecular weight is 148 g/mol. The van der Waals surface area contributed by atoms with Crippen molar-refractivity contribution >= 4 is 23.5 Å². The van der Waals surface area contributed by atoms with Gasteiger partial charge in [-0.15, -0.1) is 23.5 Å². The maximum atomic E-state index is 8.97. The molecule has 0 saturated carbocycles. The molecule has 3 heteroatoms. The Kier molecular flexibility index (Phi) is 2.28. The molecule has 1 heterocycles. The van der Waals surface area contributed by atoms with E-state index in [1.54, 1.807) is 23.5 Å². The molecule has 0 aromatic rings.